The Balaban J connectivity index is 1.60. The van der Waals surface area contributed by atoms with E-state index < -0.39 is 0 Å². The Hall–Kier alpha value is -1.69. The molecule has 1 aliphatic carbocycles. The molecule has 1 aromatic rings. The predicted molar refractivity (Wildman–Crippen MR) is 84.5 cm³/mol. The van der Waals surface area contributed by atoms with Crippen LogP contribution in [0, 0.1) is 5.92 Å². The van der Waals surface area contributed by atoms with E-state index in [1.165, 1.54) is 0 Å². The summed E-state index contributed by atoms with van der Waals surface area (Å²) >= 11 is 3.29. The van der Waals surface area contributed by atoms with Crippen LogP contribution in [0.5, 0.6) is 0 Å². The fraction of sp³-hybridized carbons (Fsp3) is 0.438. The maximum Gasteiger partial charge on any atom is 0.261 e. The molecule has 0 radical (unpaired) electrons. The van der Waals surface area contributed by atoms with Crippen molar-refractivity contribution in [2.24, 2.45) is 5.92 Å². The third-order valence-electron chi connectivity index (χ3n) is 4.21. The maximum atomic E-state index is 12.3. The zero-order valence-electron chi connectivity index (χ0n) is 12.3. The summed E-state index contributed by atoms with van der Waals surface area (Å²) < 4.78 is 0.755. The van der Waals surface area contributed by atoms with E-state index >= 15 is 0 Å². The molecule has 2 aliphatic rings. The molecule has 0 spiro atoms. The van der Waals surface area contributed by atoms with Crippen molar-refractivity contribution >= 4 is 33.7 Å². The number of carbonyl (C=O) groups is 3. The molecule has 1 aromatic carbocycles. The van der Waals surface area contributed by atoms with Crippen molar-refractivity contribution in [2.75, 3.05) is 6.54 Å². The summed E-state index contributed by atoms with van der Waals surface area (Å²) in [6.45, 7) is 2.11. The molecule has 1 atom stereocenters. The first-order valence-corrected chi connectivity index (χ1v) is 8.22. The molecule has 0 bridgehead atoms. The summed E-state index contributed by atoms with van der Waals surface area (Å²) in [5.41, 5.74) is 0.797. The first kappa shape index (κ1) is 15.2. The summed E-state index contributed by atoms with van der Waals surface area (Å²) in [4.78, 5) is 37.6. The van der Waals surface area contributed by atoms with Crippen molar-refractivity contribution in [3.8, 4) is 0 Å². The third kappa shape index (κ3) is 2.92. The molecule has 0 saturated heterocycles. The lowest BCUT2D eigenvalue weighted by molar-refractivity contribution is -0.121. The average Bonchev–Trinajstić information content (AvgIpc) is 3.28. The number of imide groups is 1. The van der Waals surface area contributed by atoms with Gasteiger partial charge in [0.05, 0.1) is 11.1 Å². The van der Waals surface area contributed by atoms with Crippen LogP contribution in [-0.4, -0.2) is 35.2 Å². The first-order chi connectivity index (χ1) is 10.5. The van der Waals surface area contributed by atoms with Gasteiger partial charge in [0.15, 0.2) is 0 Å². The van der Waals surface area contributed by atoms with Crippen LogP contribution in [0.25, 0.3) is 0 Å². The summed E-state index contributed by atoms with van der Waals surface area (Å²) in [5.74, 6) is -0.183. The second-order valence-electron chi connectivity index (χ2n) is 5.90. The van der Waals surface area contributed by atoms with Gasteiger partial charge >= 0.3 is 0 Å². The van der Waals surface area contributed by atoms with Crippen molar-refractivity contribution in [3.63, 3.8) is 0 Å². The third-order valence-corrected chi connectivity index (χ3v) is 4.71. The SMILES string of the molecule is CC(NC(=O)CCN1C(=O)c2ccc(Br)cc2C1=O)C1CC1. The Morgan fingerprint density at radius 1 is 1.32 bits per heavy atom. The van der Waals surface area contributed by atoms with Gasteiger partial charge in [0.25, 0.3) is 11.8 Å². The van der Waals surface area contributed by atoms with Gasteiger partial charge in [-0.1, -0.05) is 15.9 Å². The Morgan fingerprint density at radius 2 is 2.00 bits per heavy atom. The molecule has 22 heavy (non-hydrogen) atoms. The van der Waals surface area contributed by atoms with E-state index in [4.69, 9.17) is 0 Å². The highest BCUT2D eigenvalue weighted by Gasteiger charge is 2.36. The zero-order valence-corrected chi connectivity index (χ0v) is 13.9. The average molecular weight is 365 g/mol. The minimum absolute atomic E-state index is 0.114. The van der Waals surface area contributed by atoms with E-state index in [2.05, 4.69) is 21.2 Å². The van der Waals surface area contributed by atoms with Crippen LogP contribution < -0.4 is 5.32 Å². The van der Waals surface area contributed by atoms with E-state index in [-0.39, 0.29) is 36.7 Å². The van der Waals surface area contributed by atoms with E-state index in [1.54, 1.807) is 18.2 Å². The molecule has 116 valence electrons. The van der Waals surface area contributed by atoms with E-state index in [0.717, 1.165) is 22.2 Å². The summed E-state index contributed by atoms with van der Waals surface area (Å²) in [6.07, 6.45) is 2.47. The second-order valence-corrected chi connectivity index (χ2v) is 6.81. The lowest BCUT2D eigenvalue weighted by atomic mass is 10.1. The fourth-order valence-corrected chi connectivity index (χ4v) is 3.08. The number of nitrogens with zero attached hydrogens (tertiary/aromatic N) is 1. The fourth-order valence-electron chi connectivity index (χ4n) is 2.72. The molecule has 1 unspecified atom stereocenters. The highest BCUT2D eigenvalue weighted by molar-refractivity contribution is 9.10. The number of carbonyl (C=O) groups excluding carboxylic acids is 3. The van der Waals surface area contributed by atoms with Crippen LogP contribution >= 0.6 is 15.9 Å². The molecule has 5 nitrogen and oxygen atoms in total. The Bertz CT molecular complexity index is 655. The Kier molecular flexibility index (Phi) is 4.04. The number of halogens is 1. The van der Waals surface area contributed by atoms with Gasteiger partial charge in [-0.05, 0) is 43.9 Å². The molecule has 6 heteroatoms. The Morgan fingerprint density at radius 3 is 2.68 bits per heavy atom. The van der Waals surface area contributed by atoms with Gasteiger partial charge in [0.2, 0.25) is 5.91 Å². The van der Waals surface area contributed by atoms with Gasteiger partial charge in [-0.25, -0.2) is 0 Å². The van der Waals surface area contributed by atoms with Crippen molar-refractivity contribution in [1.29, 1.82) is 0 Å². The van der Waals surface area contributed by atoms with Gasteiger partial charge in [-0.3, -0.25) is 19.3 Å². The van der Waals surface area contributed by atoms with Crippen molar-refractivity contribution in [1.82, 2.24) is 10.2 Å². The first-order valence-electron chi connectivity index (χ1n) is 7.42. The summed E-state index contributed by atoms with van der Waals surface area (Å²) in [7, 11) is 0. The normalized spacial score (nSPS) is 18.4. The van der Waals surface area contributed by atoms with Gasteiger partial charge in [-0.15, -0.1) is 0 Å². The van der Waals surface area contributed by atoms with Crippen molar-refractivity contribution in [2.45, 2.75) is 32.2 Å². The van der Waals surface area contributed by atoms with Crippen LogP contribution in [0.2, 0.25) is 0 Å². The number of fused-ring (bicyclic) bond motifs is 1. The largest absolute Gasteiger partial charge is 0.353 e. The van der Waals surface area contributed by atoms with Gasteiger partial charge < -0.3 is 5.32 Å². The lowest BCUT2D eigenvalue weighted by Crippen LogP contribution is -2.38. The van der Waals surface area contributed by atoms with Crippen LogP contribution in [0.3, 0.4) is 0 Å². The molecule has 1 N–H and O–H groups in total. The second kappa shape index (κ2) is 5.83. The quantitative estimate of drug-likeness (QED) is 0.815. The van der Waals surface area contributed by atoms with Gasteiger partial charge in [0.1, 0.15) is 0 Å². The molecule has 1 saturated carbocycles. The zero-order chi connectivity index (χ0) is 15.9. The highest BCUT2D eigenvalue weighted by Crippen LogP contribution is 2.32. The van der Waals surface area contributed by atoms with Crippen LogP contribution in [-0.2, 0) is 4.79 Å². The molecule has 1 fully saturated rings. The number of nitrogens with one attached hydrogen (secondary N) is 1. The maximum absolute atomic E-state index is 12.3. The number of amides is 3. The number of hydrogen-bond donors (Lipinski definition) is 1. The van der Waals surface area contributed by atoms with E-state index in [0.29, 0.717) is 17.0 Å². The lowest BCUT2D eigenvalue weighted by Gasteiger charge is -2.16. The predicted octanol–water partition coefficient (Wildman–Crippen LogP) is 2.35. The van der Waals surface area contributed by atoms with E-state index in [1.807, 2.05) is 6.92 Å². The topological polar surface area (TPSA) is 66.5 Å². The van der Waals surface area contributed by atoms with Crippen LogP contribution in [0.4, 0.5) is 0 Å². The van der Waals surface area contributed by atoms with Crippen molar-refractivity contribution in [3.05, 3.63) is 33.8 Å². The Labute approximate surface area is 137 Å². The molecule has 3 amide bonds. The molecule has 0 aromatic heterocycles. The molecular weight excluding hydrogens is 348 g/mol. The molecular formula is C16H17BrN2O3. The monoisotopic (exact) mass is 364 g/mol. The van der Waals surface area contributed by atoms with Crippen LogP contribution in [0.1, 0.15) is 46.9 Å². The number of hydrogen-bond acceptors (Lipinski definition) is 3. The van der Waals surface area contributed by atoms with Crippen molar-refractivity contribution < 1.29 is 14.4 Å². The standard InChI is InChI=1S/C16H17BrN2O3/c1-9(10-2-3-10)18-14(20)6-7-19-15(21)12-5-4-11(17)8-13(12)16(19)22/h4-5,8-10H,2-3,6-7H2,1H3,(H,18,20). The smallest absolute Gasteiger partial charge is 0.261 e. The minimum Gasteiger partial charge on any atom is -0.353 e. The number of benzene rings is 1. The summed E-state index contributed by atoms with van der Waals surface area (Å²) in [5, 5.41) is 2.93. The van der Waals surface area contributed by atoms with Crippen LogP contribution in [0.15, 0.2) is 22.7 Å². The molecule has 3 rings (SSSR count). The molecule has 1 heterocycles. The number of rotatable bonds is 5. The summed E-state index contributed by atoms with van der Waals surface area (Å²) in [6, 6.07) is 5.18. The van der Waals surface area contributed by atoms with Gasteiger partial charge in [-0.2, -0.15) is 0 Å². The highest BCUT2D eigenvalue weighted by atomic mass is 79.9. The minimum atomic E-state index is -0.329. The molecule has 1 aliphatic heterocycles. The van der Waals surface area contributed by atoms with E-state index in [9.17, 15) is 14.4 Å². The van der Waals surface area contributed by atoms with Gasteiger partial charge in [0, 0.05) is 23.5 Å².